The predicted octanol–water partition coefficient (Wildman–Crippen LogP) is 6.23. The van der Waals surface area contributed by atoms with E-state index in [2.05, 4.69) is 41.2 Å². The first-order chi connectivity index (χ1) is 29.1. The molecule has 0 bridgehead atoms. The molecule has 1 atom stereocenters. The van der Waals surface area contributed by atoms with Gasteiger partial charge in [-0.15, -0.1) is 0 Å². The smallest absolute Gasteiger partial charge is 0.416 e. The maximum Gasteiger partial charge on any atom is 0.416 e. The number of aromatic nitrogens is 4. The van der Waals surface area contributed by atoms with E-state index >= 15 is 0 Å². The summed E-state index contributed by atoms with van der Waals surface area (Å²) in [6.07, 6.45) is -3.30. The summed E-state index contributed by atoms with van der Waals surface area (Å²) in [6, 6.07) is 15.1. The van der Waals surface area contributed by atoms with Gasteiger partial charge in [0.15, 0.2) is 11.2 Å². The van der Waals surface area contributed by atoms with E-state index in [4.69, 9.17) is 29.2 Å². The topological polar surface area (TPSA) is 262 Å². The Morgan fingerprint density at radius 1 is 0.934 bits per heavy atom. The Hall–Kier alpha value is -6.54. The van der Waals surface area contributed by atoms with Crippen molar-refractivity contribution in [3.63, 3.8) is 0 Å². The minimum absolute atomic E-state index is 0.0483. The molecule has 18 nitrogen and oxygen atoms in total. The Labute approximate surface area is 347 Å². The fraction of sp³-hybridized carbons (Fsp3) is 0.282. The minimum Gasteiger partial charge on any atom is -0.483 e. The molecular formula is C39H43F3N9O9P. The molecule has 8 N–H and O–H groups in total. The van der Waals surface area contributed by atoms with Crippen LogP contribution in [0.3, 0.4) is 0 Å². The van der Waals surface area contributed by atoms with Crippen LogP contribution in [0.25, 0.3) is 11.2 Å². The number of H-pyrrole nitrogens is 1. The zero-order valence-electron chi connectivity index (χ0n) is 33.0. The van der Waals surface area contributed by atoms with Gasteiger partial charge in [0.25, 0.3) is 23.8 Å². The highest BCUT2D eigenvalue weighted by Crippen LogP contribution is 2.40. The second-order valence-corrected chi connectivity index (χ2v) is 13.9. The first-order valence-electron chi connectivity index (χ1n) is 18.5. The van der Waals surface area contributed by atoms with Gasteiger partial charge < -0.3 is 45.7 Å². The molecule has 2 aromatic heterocycles. The summed E-state index contributed by atoms with van der Waals surface area (Å²) in [6.45, 7) is 6.33. The van der Waals surface area contributed by atoms with Gasteiger partial charge in [0.05, 0.1) is 55.1 Å². The van der Waals surface area contributed by atoms with E-state index in [1.165, 1.54) is 6.20 Å². The number of nitrogens with one attached hydrogen (secondary N) is 5. The molecule has 0 spiro atoms. The molecule has 22 heteroatoms. The molecule has 0 saturated heterocycles. The molecular weight excluding hydrogens is 826 g/mol. The Bertz CT molecular complexity index is 2330. The van der Waals surface area contributed by atoms with Gasteiger partial charge >= 0.3 is 14.8 Å². The zero-order valence-corrected chi connectivity index (χ0v) is 33.9. The van der Waals surface area contributed by atoms with Crippen LogP contribution in [0.5, 0.6) is 0 Å². The number of carboxylic acid groups (broad SMARTS) is 1. The summed E-state index contributed by atoms with van der Waals surface area (Å²) >= 11 is 0. The van der Waals surface area contributed by atoms with E-state index in [1.54, 1.807) is 55.5 Å². The molecule has 0 aliphatic rings. The number of carbonyl (C=O) groups excluding carboxylic acids is 3. The molecule has 3 amide bonds. The SMILES string of the molecule is CCOP(OCC)OCc1ccc(NC(=O)c2ccc(C(F)(F)F)cc2NC(=O)CC[C@@H](C)NC(=O)c2ccc(NCc3cnc4nc(N)[nH]c(=O)c4n3)cc2)cc1.O=CO. The number of alkyl halides is 3. The standard InChI is InChI=1S/C38H41F3N9O7P.CH2O2/c1-4-55-58(56-5-2)57-21-23-7-12-27(13-8-23)47-35(53)29-16-11-25(38(39,40)41)18-30(29)48-31(51)17-6-22(3)45-34(52)24-9-14-26(15-10-24)43-19-28-20-44-33-32(46-28)36(54)50-37(42)49-33;2-1-3/h7-16,18,20,22,43H,4-6,17,19,21H2,1-3H3,(H,45,52)(H,47,53)(H,48,51)(H3,42,44,49,50,54);1H,(H,2,3)/t22-;/m1./s1. The fourth-order valence-electron chi connectivity index (χ4n) is 5.28. The van der Waals surface area contributed by atoms with Gasteiger partial charge in [-0.1, -0.05) is 12.1 Å². The van der Waals surface area contributed by atoms with Gasteiger partial charge in [0.1, 0.15) is 0 Å². The van der Waals surface area contributed by atoms with Crippen molar-refractivity contribution < 1.29 is 51.0 Å². The van der Waals surface area contributed by atoms with Crippen LogP contribution in [0.4, 0.5) is 36.2 Å². The summed E-state index contributed by atoms with van der Waals surface area (Å²) in [5.41, 5.74) is 6.23. The average molecular weight is 870 g/mol. The lowest BCUT2D eigenvalue weighted by Gasteiger charge is -2.17. The summed E-state index contributed by atoms with van der Waals surface area (Å²) in [4.78, 5) is 74.4. The van der Waals surface area contributed by atoms with E-state index in [1.807, 2.05) is 13.8 Å². The summed E-state index contributed by atoms with van der Waals surface area (Å²) < 4.78 is 57.4. The van der Waals surface area contributed by atoms with Crippen molar-refractivity contribution in [3.05, 3.63) is 111 Å². The van der Waals surface area contributed by atoms with Crippen molar-refractivity contribution in [1.29, 1.82) is 0 Å². The molecule has 3 aromatic carbocycles. The molecule has 0 radical (unpaired) electrons. The van der Waals surface area contributed by atoms with Gasteiger partial charge in [-0.2, -0.15) is 18.2 Å². The lowest BCUT2D eigenvalue weighted by Crippen LogP contribution is -2.33. The summed E-state index contributed by atoms with van der Waals surface area (Å²) in [5.74, 6) is -1.88. The van der Waals surface area contributed by atoms with E-state index in [9.17, 15) is 32.3 Å². The second kappa shape index (κ2) is 22.7. The molecule has 0 aliphatic heterocycles. The highest BCUT2D eigenvalue weighted by molar-refractivity contribution is 7.41. The normalized spacial score (nSPS) is 11.6. The number of amides is 3. The number of aromatic amines is 1. The van der Waals surface area contributed by atoms with Crippen molar-refractivity contribution in [3.8, 4) is 0 Å². The molecule has 61 heavy (non-hydrogen) atoms. The van der Waals surface area contributed by atoms with E-state index in [-0.39, 0.29) is 60.8 Å². The Morgan fingerprint density at radius 3 is 2.23 bits per heavy atom. The number of fused-ring (bicyclic) bond motifs is 1. The Balaban J connectivity index is 0.00000265. The van der Waals surface area contributed by atoms with Crippen molar-refractivity contribution >= 4 is 67.0 Å². The minimum atomic E-state index is -4.73. The van der Waals surface area contributed by atoms with E-state index < -0.39 is 49.7 Å². The van der Waals surface area contributed by atoms with Crippen LogP contribution in [-0.2, 0) is 42.5 Å². The molecule has 0 fully saturated rings. The van der Waals surface area contributed by atoms with Crippen LogP contribution in [0.1, 0.15) is 71.1 Å². The third kappa shape index (κ3) is 14.6. The number of anilines is 4. The molecule has 2 heterocycles. The quantitative estimate of drug-likeness (QED) is 0.0380. The molecule has 5 rings (SSSR count). The number of hydrogen-bond acceptors (Lipinski definition) is 13. The number of nitrogen functional groups attached to an aromatic ring is 1. The number of halogens is 3. The zero-order chi connectivity index (χ0) is 44.5. The molecule has 324 valence electrons. The number of nitrogens with two attached hydrogens (primary N) is 1. The molecule has 0 aliphatic carbocycles. The van der Waals surface area contributed by atoms with Crippen LogP contribution < -0.4 is 32.6 Å². The monoisotopic (exact) mass is 869 g/mol. The number of nitrogens with zero attached hydrogens (tertiary/aromatic N) is 3. The first kappa shape index (κ1) is 47.1. The summed E-state index contributed by atoms with van der Waals surface area (Å²) in [7, 11) is -1.51. The first-order valence-corrected chi connectivity index (χ1v) is 19.6. The van der Waals surface area contributed by atoms with Gasteiger partial charge in [0.2, 0.25) is 11.9 Å². The van der Waals surface area contributed by atoms with Gasteiger partial charge in [-0.25, -0.2) is 9.97 Å². The Kier molecular flexibility index (Phi) is 17.6. The van der Waals surface area contributed by atoms with Gasteiger partial charge in [-0.3, -0.25) is 29.0 Å². The number of rotatable bonds is 18. The van der Waals surface area contributed by atoms with Crippen molar-refractivity contribution in [2.75, 3.05) is 34.9 Å². The van der Waals surface area contributed by atoms with Crippen molar-refractivity contribution in [2.45, 2.75) is 59.0 Å². The van der Waals surface area contributed by atoms with Crippen LogP contribution in [0.15, 0.2) is 77.7 Å². The van der Waals surface area contributed by atoms with Gasteiger partial charge in [0, 0.05) is 29.4 Å². The highest BCUT2D eigenvalue weighted by atomic mass is 31.2. The third-order valence-corrected chi connectivity index (χ3v) is 9.45. The lowest BCUT2D eigenvalue weighted by molar-refractivity contribution is -0.137. The Morgan fingerprint density at radius 2 is 1.59 bits per heavy atom. The highest BCUT2D eigenvalue weighted by Gasteiger charge is 2.32. The average Bonchev–Trinajstić information content (AvgIpc) is 3.22. The number of hydrogen-bond donors (Lipinski definition) is 7. The maximum atomic E-state index is 13.6. The van der Waals surface area contributed by atoms with E-state index in [0.29, 0.717) is 41.9 Å². The van der Waals surface area contributed by atoms with Crippen LogP contribution >= 0.6 is 8.60 Å². The van der Waals surface area contributed by atoms with Crippen LogP contribution in [0.2, 0.25) is 0 Å². The molecule has 5 aromatic rings. The van der Waals surface area contributed by atoms with Crippen LogP contribution in [0, 0.1) is 0 Å². The second-order valence-electron chi connectivity index (χ2n) is 12.7. The van der Waals surface area contributed by atoms with Crippen molar-refractivity contribution in [2.24, 2.45) is 0 Å². The lowest BCUT2D eigenvalue weighted by atomic mass is 10.1. The maximum absolute atomic E-state index is 13.6. The summed E-state index contributed by atoms with van der Waals surface area (Å²) in [5, 5.41) is 17.9. The molecule has 0 unspecified atom stereocenters. The predicted molar refractivity (Wildman–Crippen MR) is 220 cm³/mol. The van der Waals surface area contributed by atoms with Gasteiger partial charge in [-0.05, 0) is 87.4 Å². The number of carbonyl (C=O) groups is 4. The number of benzene rings is 3. The van der Waals surface area contributed by atoms with E-state index in [0.717, 1.165) is 17.7 Å². The third-order valence-electron chi connectivity index (χ3n) is 8.17. The largest absolute Gasteiger partial charge is 0.483 e. The fourth-order valence-corrected chi connectivity index (χ4v) is 6.18. The molecule has 0 saturated carbocycles. The van der Waals surface area contributed by atoms with Crippen LogP contribution in [-0.4, -0.2) is 68.5 Å². The van der Waals surface area contributed by atoms with Crippen molar-refractivity contribution in [1.82, 2.24) is 25.3 Å².